The normalized spacial score (nSPS) is 20.4. The number of hydrogen-bond acceptors (Lipinski definition) is 3. The maximum Gasteiger partial charge on any atom is 0.250 e. The Morgan fingerprint density at radius 3 is 2.65 bits per heavy atom. The Hall–Kier alpha value is -2.07. The zero-order valence-electron chi connectivity index (χ0n) is 10.7. The summed E-state index contributed by atoms with van der Waals surface area (Å²) in [4.78, 5) is 19.5. The second-order valence-corrected chi connectivity index (χ2v) is 5.87. The van der Waals surface area contributed by atoms with Crippen molar-refractivity contribution in [2.24, 2.45) is 4.99 Å². The van der Waals surface area contributed by atoms with E-state index in [2.05, 4.69) is 34.2 Å². The third-order valence-electron chi connectivity index (χ3n) is 3.62. The Morgan fingerprint density at radius 2 is 1.80 bits per heavy atom. The minimum atomic E-state index is -0.0367. The van der Waals surface area contributed by atoms with Crippen LogP contribution in [0.5, 0.6) is 0 Å². The average molecular weight is 280 g/mol. The van der Waals surface area contributed by atoms with E-state index in [0.717, 1.165) is 16.4 Å². The average Bonchev–Trinajstić information content (AvgIpc) is 2.85. The first-order valence-electron chi connectivity index (χ1n) is 6.55. The van der Waals surface area contributed by atoms with E-state index in [1.54, 1.807) is 11.8 Å². The molecule has 0 radical (unpaired) electrons. The van der Waals surface area contributed by atoms with Crippen LogP contribution in [0, 0.1) is 0 Å². The highest BCUT2D eigenvalue weighted by Gasteiger charge is 2.37. The highest BCUT2D eigenvalue weighted by molar-refractivity contribution is 8.14. The molecule has 1 atom stereocenters. The highest BCUT2D eigenvalue weighted by Crippen LogP contribution is 2.47. The SMILES string of the molecule is O=C1C[C@@H](c2ccccc2)N2C(=N1)Sc1ccccc12. The van der Waals surface area contributed by atoms with E-state index in [4.69, 9.17) is 0 Å². The minimum Gasteiger partial charge on any atom is -0.311 e. The Labute approximate surface area is 121 Å². The van der Waals surface area contributed by atoms with Crippen molar-refractivity contribution in [2.45, 2.75) is 17.4 Å². The summed E-state index contributed by atoms with van der Waals surface area (Å²) < 4.78 is 0. The fraction of sp³-hybridized carbons (Fsp3) is 0.125. The smallest absolute Gasteiger partial charge is 0.250 e. The highest BCUT2D eigenvalue weighted by atomic mass is 32.2. The molecule has 0 aromatic heterocycles. The number of fused-ring (bicyclic) bond motifs is 3. The maximum atomic E-state index is 11.9. The van der Waals surface area contributed by atoms with Gasteiger partial charge in [-0.15, -0.1) is 0 Å². The molecule has 0 saturated carbocycles. The van der Waals surface area contributed by atoms with Crippen molar-refractivity contribution in [3.63, 3.8) is 0 Å². The van der Waals surface area contributed by atoms with Crippen molar-refractivity contribution >= 4 is 28.5 Å². The van der Waals surface area contributed by atoms with Gasteiger partial charge in [-0.1, -0.05) is 42.5 Å². The van der Waals surface area contributed by atoms with Crippen LogP contribution in [0.25, 0.3) is 0 Å². The second-order valence-electron chi connectivity index (χ2n) is 4.86. The summed E-state index contributed by atoms with van der Waals surface area (Å²) >= 11 is 1.58. The Bertz CT molecular complexity index is 711. The largest absolute Gasteiger partial charge is 0.311 e. The molecule has 2 aliphatic heterocycles. The van der Waals surface area contributed by atoms with Crippen LogP contribution in [-0.4, -0.2) is 11.1 Å². The van der Waals surface area contributed by atoms with Gasteiger partial charge >= 0.3 is 0 Å². The third kappa shape index (κ3) is 1.76. The number of amidine groups is 1. The van der Waals surface area contributed by atoms with Gasteiger partial charge in [0.15, 0.2) is 5.17 Å². The maximum absolute atomic E-state index is 11.9. The van der Waals surface area contributed by atoms with E-state index in [9.17, 15) is 4.79 Å². The number of anilines is 1. The molecule has 20 heavy (non-hydrogen) atoms. The molecule has 98 valence electrons. The lowest BCUT2D eigenvalue weighted by molar-refractivity contribution is -0.118. The van der Waals surface area contributed by atoms with E-state index in [0.29, 0.717) is 6.42 Å². The van der Waals surface area contributed by atoms with Gasteiger partial charge in [0, 0.05) is 4.90 Å². The van der Waals surface area contributed by atoms with Crippen molar-refractivity contribution in [2.75, 3.05) is 4.90 Å². The van der Waals surface area contributed by atoms with E-state index < -0.39 is 0 Å². The van der Waals surface area contributed by atoms with E-state index in [1.165, 1.54) is 4.90 Å². The molecule has 0 unspecified atom stereocenters. The molecule has 3 nitrogen and oxygen atoms in total. The number of rotatable bonds is 1. The molecule has 4 rings (SSSR count). The number of para-hydroxylation sites is 1. The molecule has 2 aromatic rings. The number of amides is 1. The fourth-order valence-corrected chi connectivity index (χ4v) is 3.81. The van der Waals surface area contributed by atoms with Crippen LogP contribution in [0.1, 0.15) is 18.0 Å². The van der Waals surface area contributed by atoms with Gasteiger partial charge in [-0.05, 0) is 29.5 Å². The molecular formula is C16H12N2OS. The predicted molar refractivity (Wildman–Crippen MR) is 81.0 cm³/mol. The van der Waals surface area contributed by atoms with Gasteiger partial charge in [-0.3, -0.25) is 4.79 Å². The first-order chi connectivity index (χ1) is 9.83. The van der Waals surface area contributed by atoms with E-state index >= 15 is 0 Å². The molecule has 0 aliphatic carbocycles. The summed E-state index contributed by atoms with van der Waals surface area (Å²) in [5.74, 6) is -0.0367. The lowest BCUT2D eigenvalue weighted by atomic mass is 10.0. The van der Waals surface area contributed by atoms with Crippen LogP contribution >= 0.6 is 11.8 Å². The van der Waals surface area contributed by atoms with Gasteiger partial charge in [0.2, 0.25) is 0 Å². The van der Waals surface area contributed by atoms with Crippen LogP contribution in [0.3, 0.4) is 0 Å². The lowest BCUT2D eigenvalue weighted by Gasteiger charge is -2.32. The van der Waals surface area contributed by atoms with Gasteiger partial charge in [-0.25, -0.2) is 0 Å². The topological polar surface area (TPSA) is 32.7 Å². The number of hydrogen-bond donors (Lipinski definition) is 0. The molecule has 1 amide bonds. The van der Waals surface area contributed by atoms with Crippen LogP contribution < -0.4 is 4.90 Å². The van der Waals surface area contributed by atoms with Gasteiger partial charge < -0.3 is 4.90 Å². The lowest BCUT2D eigenvalue weighted by Crippen LogP contribution is -2.35. The second kappa shape index (κ2) is 4.49. The fourth-order valence-electron chi connectivity index (χ4n) is 2.72. The molecule has 2 aliphatic rings. The third-order valence-corrected chi connectivity index (χ3v) is 4.65. The molecular weight excluding hydrogens is 268 g/mol. The summed E-state index contributed by atoms with van der Waals surface area (Å²) in [6.07, 6.45) is 0.433. The summed E-state index contributed by atoms with van der Waals surface area (Å²) in [6.45, 7) is 0. The molecule has 0 N–H and O–H groups in total. The number of aliphatic imine (C=N–C) groups is 1. The number of benzene rings is 2. The molecule has 2 heterocycles. The molecule has 0 bridgehead atoms. The molecule has 0 saturated heterocycles. The number of carbonyl (C=O) groups is 1. The van der Waals surface area contributed by atoms with Crippen LogP contribution in [-0.2, 0) is 4.79 Å². The van der Waals surface area contributed by atoms with Gasteiger partial charge in [-0.2, -0.15) is 4.99 Å². The van der Waals surface area contributed by atoms with Crippen LogP contribution in [0.2, 0.25) is 0 Å². The van der Waals surface area contributed by atoms with Crippen molar-refractivity contribution in [1.82, 2.24) is 0 Å². The van der Waals surface area contributed by atoms with Crippen LogP contribution in [0.4, 0.5) is 5.69 Å². The van der Waals surface area contributed by atoms with Gasteiger partial charge in [0.05, 0.1) is 18.2 Å². The number of nitrogens with zero attached hydrogens (tertiary/aromatic N) is 2. The monoisotopic (exact) mass is 280 g/mol. The first kappa shape index (κ1) is 11.7. The summed E-state index contributed by atoms with van der Waals surface area (Å²) in [5.41, 5.74) is 2.31. The Kier molecular flexibility index (Phi) is 2.63. The summed E-state index contributed by atoms with van der Waals surface area (Å²) in [5, 5.41) is 0.802. The number of carbonyl (C=O) groups excluding carboxylic acids is 1. The first-order valence-corrected chi connectivity index (χ1v) is 7.37. The Morgan fingerprint density at radius 1 is 1.05 bits per heavy atom. The molecule has 2 aromatic carbocycles. The number of thioether (sulfide) groups is 1. The molecule has 4 heteroatoms. The zero-order chi connectivity index (χ0) is 13.5. The summed E-state index contributed by atoms with van der Waals surface area (Å²) in [6, 6.07) is 18.4. The van der Waals surface area contributed by atoms with E-state index in [-0.39, 0.29) is 11.9 Å². The van der Waals surface area contributed by atoms with E-state index in [1.807, 2.05) is 30.3 Å². The quantitative estimate of drug-likeness (QED) is 0.799. The predicted octanol–water partition coefficient (Wildman–Crippen LogP) is 3.63. The molecule has 0 spiro atoms. The zero-order valence-corrected chi connectivity index (χ0v) is 11.5. The van der Waals surface area contributed by atoms with Crippen LogP contribution in [0.15, 0.2) is 64.5 Å². The van der Waals surface area contributed by atoms with Crippen molar-refractivity contribution in [3.8, 4) is 0 Å². The van der Waals surface area contributed by atoms with Crippen molar-refractivity contribution < 1.29 is 4.79 Å². The van der Waals surface area contributed by atoms with Crippen molar-refractivity contribution in [1.29, 1.82) is 0 Å². The summed E-state index contributed by atoms with van der Waals surface area (Å²) in [7, 11) is 0. The van der Waals surface area contributed by atoms with Gasteiger partial charge in [0.1, 0.15) is 0 Å². The van der Waals surface area contributed by atoms with Gasteiger partial charge in [0.25, 0.3) is 5.91 Å². The minimum absolute atomic E-state index is 0.0367. The Balaban J connectivity index is 1.85. The van der Waals surface area contributed by atoms with Crippen molar-refractivity contribution in [3.05, 3.63) is 60.2 Å². The standard InChI is InChI=1S/C16H12N2OS/c19-15-10-13(11-6-2-1-3-7-11)18-12-8-4-5-9-14(12)20-16(18)17-15/h1-9,13H,10H2/t13-/m0/s1. The molecule has 0 fully saturated rings.